The molecule has 1 rings (SSSR count). The van der Waals surface area contributed by atoms with Crippen molar-refractivity contribution in [3.05, 3.63) is 0 Å². The maximum atomic E-state index is 11.6. The predicted octanol–water partition coefficient (Wildman–Crippen LogP) is 3.51. The minimum Gasteiger partial charge on any atom is -0.445 e. The Kier molecular flexibility index (Phi) is 8.67. The van der Waals surface area contributed by atoms with E-state index in [2.05, 4.69) is 11.8 Å². The molecule has 1 atom stereocenters. The standard InChI is InChI=1S/C16H32N2O2/c1-4-5-6-7-8-9-12-18-13-10-11-15(14-18)20-16(19)17(2)3/h15H,4-14H2,1-3H3. The summed E-state index contributed by atoms with van der Waals surface area (Å²) >= 11 is 0. The van der Waals surface area contributed by atoms with Crippen molar-refractivity contribution >= 4 is 6.09 Å². The molecule has 0 aromatic rings. The van der Waals surface area contributed by atoms with Gasteiger partial charge in [0.1, 0.15) is 6.10 Å². The molecule has 1 saturated heterocycles. The number of hydrogen-bond donors (Lipinski definition) is 0. The van der Waals surface area contributed by atoms with E-state index in [1.54, 1.807) is 14.1 Å². The lowest BCUT2D eigenvalue weighted by Gasteiger charge is -2.32. The fourth-order valence-corrected chi connectivity index (χ4v) is 2.68. The predicted molar refractivity (Wildman–Crippen MR) is 83.0 cm³/mol. The molecule has 4 heteroatoms. The molecule has 1 aliphatic heterocycles. The van der Waals surface area contributed by atoms with Crippen LogP contribution in [0.25, 0.3) is 0 Å². The number of carbonyl (C=O) groups is 1. The molecule has 1 amide bonds. The molecule has 1 aliphatic rings. The van der Waals surface area contributed by atoms with E-state index in [-0.39, 0.29) is 12.2 Å². The van der Waals surface area contributed by atoms with Crippen molar-refractivity contribution in [2.75, 3.05) is 33.7 Å². The zero-order valence-electron chi connectivity index (χ0n) is 13.6. The highest BCUT2D eigenvalue weighted by Gasteiger charge is 2.23. The van der Waals surface area contributed by atoms with Gasteiger partial charge in [0.15, 0.2) is 0 Å². The van der Waals surface area contributed by atoms with E-state index in [4.69, 9.17) is 4.74 Å². The largest absolute Gasteiger partial charge is 0.445 e. The summed E-state index contributed by atoms with van der Waals surface area (Å²) < 4.78 is 5.49. The molecule has 0 bridgehead atoms. The molecule has 1 fully saturated rings. The van der Waals surface area contributed by atoms with Gasteiger partial charge in [-0.3, -0.25) is 4.90 Å². The third-order valence-corrected chi connectivity index (χ3v) is 3.92. The Labute approximate surface area is 124 Å². The Morgan fingerprint density at radius 3 is 2.60 bits per heavy atom. The number of ether oxygens (including phenoxy) is 1. The highest BCUT2D eigenvalue weighted by Crippen LogP contribution is 2.15. The first-order valence-electron chi connectivity index (χ1n) is 8.23. The lowest BCUT2D eigenvalue weighted by atomic mass is 10.1. The van der Waals surface area contributed by atoms with E-state index in [1.165, 1.54) is 43.4 Å². The minimum atomic E-state index is -0.212. The SMILES string of the molecule is CCCCCCCCN1CCCC(OC(=O)N(C)C)C1. The summed E-state index contributed by atoms with van der Waals surface area (Å²) in [6.07, 6.45) is 10.0. The Morgan fingerprint density at radius 1 is 1.20 bits per heavy atom. The molecule has 0 saturated carbocycles. The monoisotopic (exact) mass is 284 g/mol. The van der Waals surface area contributed by atoms with Gasteiger partial charge in [-0.2, -0.15) is 0 Å². The van der Waals surface area contributed by atoms with E-state index in [1.807, 2.05) is 0 Å². The van der Waals surface area contributed by atoms with Gasteiger partial charge in [0, 0.05) is 20.6 Å². The molecule has 0 aromatic heterocycles. The number of piperidine rings is 1. The first kappa shape index (κ1) is 17.3. The Balaban J connectivity index is 2.12. The Hall–Kier alpha value is -0.770. The van der Waals surface area contributed by atoms with Crippen molar-refractivity contribution in [2.24, 2.45) is 0 Å². The van der Waals surface area contributed by atoms with Crippen molar-refractivity contribution in [3.8, 4) is 0 Å². The van der Waals surface area contributed by atoms with Crippen molar-refractivity contribution in [1.29, 1.82) is 0 Å². The topological polar surface area (TPSA) is 32.8 Å². The van der Waals surface area contributed by atoms with Gasteiger partial charge in [-0.05, 0) is 32.4 Å². The molecule has 0 spiro atoms. The van der Waals surface area contributed by atoms with Gasteiger partial charge < -0.3 is 9.64 Å². The Bertz CT molecular complexity index is 269. The van der Waals surface area contributed by atoms with E-state index < -0.39 is 0 Å². The van der Waals surface area contributed by atoms with Crippen LogP contribution in [0.4, 0.5) is 4.79 Å². The lowest BCUT2D eigenvalue weighted by Crippen LogP contribution is -2.42. The van der Waals surface area contributed by atoms with Crippen LogP contribution in [0.2, 0.25) is 0 Å². The fourth-order valence-electron chi connectivity index (χ4n) is 2.68. The maximum absolute atomic E-state index is 11.6. The number of hydrogen-bond acceptors (Lipinski definition) is 3. The summed E-state index contributed by atoms with van der Waals surface area (Å²) in [6.45, 7) is 5.48. The van der Waals surface area contributed by atoms with E-state index in [0.717, 1.165) is 32.5 Å². The molecule has 118 valence electrons. The molecular formula is C16H32N2O2. The summed E-state index contributed by atoms with van der Waals surface area (Å²) in [4.78, 5) is 15.5. The number of rotatable bonds is 8. The van der Waals surface area contributed by atoms with Crippen molar-refractivity contribution in [1.82, 2.24) is 9.80 Å². The normalized spacial score (nSPS) is 19.9. The van der Waals surface area contributed by atoms with Crippen LogP contribution in [0.3, 0.4) is 0 Å². The summed E-state index contributed by atoms with van der Waals surface area (Å²) in [5.41, 5.74) is 0. The number of amides is 1. The van der Waals surface area contributed by atoms with Gasteiger partial charge in [-0.25, -0.2) is 4.79 Å². The summed E-state index contributed by atoms with van der Waals surface area (Å²) in [7, 11) is 3.47. The summed E-state index contributed by atoms with van der Waals surface area (Å²) in [5.74, 6) is 0. The molecular weight excluding hydrogens is 252 g/mol. The zero-order chi connectivity index (χ0) is 14.8. The van der Waals surface area contributed by atoms with Crippen molar-refractivity contribution in [2.45, 2.75) is 64.4 Å². The molecule has 0 radical (unpaired) electrons. The number of nitrogens with zero attached hydrogens (tertiary/aromatic N) is 2. The maximum Gasteiger partial charge on any atom is 0.409 e. The molecule has 0 aliphatic carbocycles. The fraction of sp³-hybridized carbons (Fsp3) is 0.938. The third kappa shape index (κ3) is 7.13. The summed E-state index contributed by atoms with van der Waals surface area (Å²) in [6, 6.07) is 0. The van der Waals surface area contributed by atoms with Crippen LogP contribution in [-0.4, -0.2) is 55.7 Å². The lowest BCUT2D eigenvalue weighted by molar-refractivity contribution is 0.0282. The van der Waals surface area contributed by atoms with Gasteiger partial charge in [0.2, 0.25) is 0 Å². The van der Waals surface area contributed by atoms with Crippen molar-refractivity contribution in [3.63, 3.8) is 0 Å². The smallest absolute Gasteiger partial charge is 0.409 e. The van der Waals surface area contributed by atoms with E-state index in [9.17, 15) is 4.79 Å². The first-order valence-corrected chi connectivity index (χ1v) is 8.23. The highest BCUT2D eigenvalue weighted by atomic mass is 16.6. The van der Waals surface area contributed by atoms with Crippen LogP contribution in [-0.2, 0) is 4.74 Å². The molecule has 1 heterocycles. The van der Waals surface area contributed by atoms with Crippen LogP contribution >= 0.6 is 0 Å². The van der Waals surface area contributed by atoms with Crippen LogP contribution < -0.4 is 0 Å². The number of unbranched alkanes of at least 4 members (excludes halogenated alkanes) is 5. The average molecular weight is 284 g/mol. The van der Waals surface area contributed by atoms with Crippen LogP contribution in [0.5, 0.6) is 0 Å². The quantitative estimate of drug-likeness (QED) is 0.639. The Morgan fingerprint density at radius 2 is 1.90 bits per heavy atom. The van der Waals surface area contributed by atoms with Crippen LogP contribution in [0.1, 0.15) is 58.3 Å². The van der Waals surface area contributed by atoms with Crippen LogP contribution in [0.15, 0.2) is 0 Å². The average Bonchev–Trinajstić information content (AvgIpc) is 2.43. The first-order chi connectivity index (χ1) is 9.63. The second-order valence-electron chi connectivity index (χ2n) is 6.11. The third-order valence-electron chi connectivity index (χ3n) is 3.92. The van der Waals surface area contributed by atoms with Gasteiger partial charge in [-0.15, -0.1) is 0 Å². The molecule has 0 aromatic carbocycles. The van der Waals surface area contributed by atoms with Crippen LogP contribution in [0, 0.1) is 0 Å². The van der Waals surface area contributed by atoms with E-state index >= 15 is 0 Å². The minimum absolute atomic E-state index is 0.0822. The number of likely N-dealkylation sites (tertiary alicyclic amines) is 1. The van der Waals surface area contributed by atoms with Gasteiger partial charge in [0.25, 0.3) is 0 Å². The second-order valence-corrected chi connectivity index (χ2v) is 6.11. The molecule has 20 heavy (non-hydrogen) atoms. The van der Waals surface area contributed by atoms with Crippen molar-refractivity contribution < 1.29 is 9.53 Å². The van der Waals surface area contributed by atoms with Gasteiger partial charge >= 0.3 is 6.09 Å². The zero-order valence-corrected chi connectivity index (χ0v) is 13.6. The molecule has 0 N–H and O–H groups in total. The second kappa shape index (κ2) is 10.0. The van der Waals surface area contributed by atoms with E-state index in [0.29, 0.717) is 0 Å². The van der Waals surface area contributed by atoms with Gasteiger partial charge in [0.05, 0.1) is 0 Å². The molecule has 1 unspecified atom stereocenters. The summed E-state index contributed by atoms with van der Waals surface area (Å²) in [5, 5.41) is 0. The van der Waals surface area contributed by atoms with Gasteiger partial charge in [-0.1, -0.05) is 39.0 Å². The molecule has 4 nitrogen and oxygen atoms in total. The number of carbonyl (C=O) groups excluding carboxylic acids is 1. The highest BCUT2D eigenvalue weighted by molar-refractivity contribution is 5.66.